The number of benzene rings is 1. The lowest BCUT2D eigenvalue weighted by atomic mass is 10.2. The first-order valence-electron chi connectivity index (χ1n) is 6.23. The number of fused-ring (bicyclic) bond motifs is 1. The van der Waals surface area contributed by atoms with Crippen LogP contribution in [-0.4, -0.2) is 39.7 Å². The molecule has 1 aromatic heterocycles. The lowest BCUT2D eigenvalue weighted by Crippen LogP contribution is -2.38. The van der Waals surface area contributed by atoms with E-state index in [0.29, 0.717) is 11.9 Å². The van der Waals surface area contributed by atoms with Gasteiger partial charge in [-0.25, -0.2) is 4.79 Å². The maximum Gasteiger partial charge on any atom is 0.329 e. The number of H-pyrrole nitrogens is 1. The van der Waals surface area contributed by atoms with Crippen LogP contribution in [0.4, 0.5) is 0 Å². The van der Waals surface area contributed by atoms with Crippen LogP contribution in [0.3, 0.4) is 0 Å². The van der Waals surface area contributed by atoms with E-state index in [2.05, 4.69) is 9.88 Å². The van der Waals surface area contributed by atoms with E-state index >= 15 is 0 Å². The van der Waals surface area contributed by atoms with Crippen LogP contribution in [0.1, 0.15) is 12.5 Å². The minimum absolute atomic E-state index is 0.0811. The molecule has 2 aromatic rings. The van der Waals surface area contributed by atoms with Crippen molar-refractivity contribution in [3.05, 3.63) is 39.0 Å². The Labute approximate surface area is 108 Å². The van der Waals surface area contributed by atoms with Gasteiger partial charge in [-0.05, 0) is 32.1 Å². The number of aromatic amines is 1. The highest BCUT2D eigenvalue weighted by Crippen LogP contribution is 2.20. The topological polar surface area (TPSA) is 78.3 Å². The van der Waals surface area contributed by atoms with Crippen molar-refractivity contribution >= 4 is 10.9 Å². The molecule has 0 bridgehead atoms. The highest BCUT2D eigenvalue weighted by atomic mass is 16.3. The Kier molecular flexibility index (Phi) is 2.67. The summed E-state index contributed by atoms with van der Waals surface area (Å²) in [7, 11) is 1.96. The molecule has 0 radical (unpaired) electrons. The molecule has 19 heavy (non-hydrogen) atoms. The number of hydrogen-bond acceptors (Lipinski definition) is 4. The molecular weight excluding hydrogens is 246 g/mol. The SMILES string of the molecule is CN1CCC(n2c(=O)[nH]c3c(O)cccc3c2=O)C1. The second-order valence-electron chi connectivity index (χ2n) is 5.01. The van der Waals surface area contributed by atoms with Crippen molar-refractivity contribution in [1.29, 1.82) is 0 Å². The van der Waals surface area contributed by atoms with Gasteiger partial charge in [-0.15, -0.1) is 0 Å². The number of rotatable bonds is 1. The third-order valence-electron chi connectivity index (χ3n) is 3.67. The molecule has 1 saturated heterocycles. The Morgan fingerprint density at radius 2 is 2.16 bits per heavy atom. The minimum Gasteiger partial charge on any atom is -0.506 e. The fourth-order valence-corrected chi connectivity index (χ4v) is 2.69. The second kappa shape index (κ2) is 4.24. The zero-order valence-electron chi connectivity index (χ0n) is 10.6. The molecule has 1 fully saturated rings. The number of nitrogens with zero attached hydrogens (tertiary/aromatic N) is 2. The van der Waals surface area contributed by atoms with E-state index in [1.165, 1.54) is 10.6 Å². The van der Waals surface area contributed by atoms with Crippen LogP contribution < -0.4 is 11.2 Å². The molecule has 1 aliphatic heterocycles. The maximum absolute atomic E-state index is 12.4. The molecule has 6 heteroatoms. The van der Waals surface area contributed by atoms with E-state index in [1.807, 2.05) is 7.05 Å². The summed E-state index contributed by atoms with van der Waals surface area (Å²) in [5.41, 5.74) is -0.589. The summed E-state index contributed by atoms with van der Waals surface area (Å²) in [5.74, 6) is -0.0811. The van der Waals surface area contributed by atoms with Crippen LogP contribution in [0.25, 0.3) is 10.9 Å². The van der Waals surface area contributed by atoms with Gasteiger partial charge >= 0.3 is 5.69 Å². The minimum atomic E-state index is -0.459. The zero-order chi connectivity index (χ0) is 13.6. The largest absolute Gasteiger partial charge is 0.506 e. The van der Waals surface area contributed by atoms with Crippen molar-refractivity contribution in [3.8, 4) is 5.75 Å². The molecule has 100 valence electrons. The third-order valence-corrected chi connectivity index (χ3v) is 3.67. The summed E-state index contributed by atoms with van der Waals surface area (Å²) in [6, 6.07) is 4.56. The smallest absolute Gasteiger partial charge is 0.329 e. The first-order valence-corrected chi connectivity index (χ1v) is 6.23. The Morgan fingerprint density at radius 1 is 1.37 bits per heavy atom. The van der Waals surface area contributed by atoms with Crippen LogP contribution >= 0.6 is 0 Å². The first-order chi connectivity index (χ1) is 9.08. The maximum atomic E-state index is 12.4. The molecule has 1 aromatic carbocycles. The zero-order valence-corrected chi connectivity index (χ0v) is 10.6. The van der Waals surface area contributed by atoms with Gasteiger partial charge in [0.25, 0.3) is 5.56 Å². The van der Waals surface area contributed by atoms with Crippen molar-refractivity contribution < 1.29 is 5.11 Å². The molecule has 3 rings (SSSR count). The Hall–Kier alpha value is -2.08. The number of likely N-dealkylation sites (N-methyl/N-ethyl adjacent to an activating group) is 1. The lowest BCUT2D eigenvalue weighted by Gasteiger charge is -2.13. The Balaban J connectivity index is 2.27. The van der Waals surface area contributed by atoms with Gasteiger partial charge in [0.1, 0.15) is 5.75 Å². The van der Waals surface area contributed by atoms with Crippen molar-refractivity contribution in [3.63, 3.8) is 0 Å². The number of nitrogens with one attached hydrogen (secondary N) is 1. The Morgan fingerprint density at radius 3 is 2.84 bits per heavy atom. The average Bonchev–Trinajstić information content (AvgIpc) is 2.77. The molecule has 6 nitrogen and oxygen atoms in total. The fraction of sp³-hybridized carbons (Fsp3) is 0.385. The number of aromatic hydroxyl groups is 1. The molecule has 1 atom stereocenters. The summed E-state index contributed by atoms with van der Waals surface area (Å²) in [6.45, 7) is 1.56. The predicted octanol–water partition coefficient (Wildman–Crippen LogP) is 0.272. The van der Waals surface area contributed by atoms with E-state index < -0.39 is 5.69 Å². The number of phenols is 1. The highest BCUT2D eigenvalue weighted by Gasteiger charge is 2.24. The van der Waals surface area contributed by atoms with Crippen LogP contribution in [0, 0.1) is 0 Å². The van der Waals surface area contributed by atoms with E-state index in [0.717, 1.165) is 13.0 Å². The van der Waals surface area contributed by atoms with Gasteiger partial charge in [0.2, 0.25) is 0 Å². The Bertz CT molecular complexity index is 747. The van der Waals surface area contributed by atoms with Gasteiger partial charge < -0.3 is 15.0 Å². The number of aromatic nitrogens is 2. The van der Waals surface area contributed by atoms with Crippen molar-refractivity contribution in [2.45, 2.75) is 12.5 Å². The fourth-order valence-electron chi connectivity index (χ4n) is 2.69. The van der Waals surface area contributed by atoms with E-state index in [4.69, 9.17) is 0 Å². The predicted molar refractivity (Wildman–Crippen MR) is 71.6 cm³/mol. The monoisotopic (exact) mass is 261 g/mol. The lowest BCUT2D eigenvalue weighted by molar-refractivity contribution is 0.386. The van der Waals surface area contributed by atoms with Gasteiger partial charge in [0.05, 0.1) is 16.9 Å². The van der Waals surface area contributed by atoms with Gasteiger partial charge in [-0.2, -0.15) is 0 Å². The summed E-state index contributed by atoms with van der Waals surface area (Å²) in [4.78, 5) is 29.2. The van der Waals surface area contributed by atoms with Crippen LogP contribution in [0.15, 0.2) is 27.8 Å². The van der Waals surface area contributed by atoms with Gasteiger partial charge in [-0.1, -0.05) is 6.07 Å². The number of para-hydroxylation sites is 1. The van der Waals surface area contributed by atoms with Gasteiger partial charge in [-0.3, -0.25) is 9.36 Å². The summed E-state index contributed by atoms with van der Waals surface area (Å²) < 4.78 is 1.27. The summed E-state index contributed by atoms with van der Waals surface area (Å²) in [6.07, 6.45) is 0.782. The quantitative estimate of drug-likeness (QED) is 0.772. The molecule has 0 saturated carbocycles. The number of phenolic OH excluding ortho intramolecular Hbond substituents is 1. The van der Waals surface area contributed by atoms with Gasteiger partial charge in [0.15, 0.2) is 0 Å². The van der Waals surface area contributed by atoms with Crippen molar-refractivity contribution in [2.75, 3.05) is 20.1 Å². The van der Waals surface area contributed by atoms with Crippen LogP contribution in [-0.2, 0) is 0 Å². The molecule has 1 unspecified atom stereocenters. The number of likely N-dealkylation sites (tertiary alicyclic amines) is 1. The third kappa shape index (κ3) is 1.84. The molecule has 0 aliphatic carbocycles. The van der Waals surface area contributed by atoms with Crippen LogP contribution in [0.2, 0.25) is 0 Å². The molecule has 2 heterocycles. The second-order valence-corrected chi connectivity index (χ2v) is 5.01. The van der Waals surface area contributed by atoms with Gasteiger partial charge in [0, 0.05) is 6.54 Å². The molecular formula is C13H15N3O3. The molecule has 2 N–H and O–H groups in total. The molecule has 1 aliphatic rings. The van der Waals surface area contributed by atoms with E-state index in [1.54, 1.807) is 12.1 Å². The summed E-state index contributed by atoms with van der Waals surface area (Å²) in [5, 5.41) is 10.0. The van der Waals surface area contributed by atoms with Crippen molar-refractivity contribution in [2.24, 2.45) is 0 Å². The average molecular weight is 261 g/mol. The normalized spacial score (nSPS) is 20.2. The van der Waals surface area contributed by atoms with Crippen molar-refractivity contribution in [1.82, 2.24) is 14.5 Å². The van der Waals surface area contributed by atoms with Crippen LogP contribution in [0.5, 0.6) is 5.75 Å². The molecule has 0 spiro atoms. The number of hydrogen-bond donors (Lipinski definition) is 2. The first kappa shape index (κ1) is 12.0. The van der Waals surface area contributed by atoms with E-state index in [-0.39, 0.29) is 22.9 Å². The summed E-state index contributed by atoms with van der Waals surface area (Å²) >= 11 is 0. The molecule has 0 amide bonds. The highest BCUT2D eigenvalue weighted by molar-refractivity contribution is 5.82. The van der Waals surface area contributed by atoms with E-state index in [9.17, 15) is 14.7 Å². The standard InChI is InChI=1S/C13H15N3O3/c1-15-6-5-8(7-15)16-12(18)9-3-2-4-10(17)11(9)14-13(16)19/h2-4,8,17H,5-7H2,1H3,(H,14,19).